The van der Waals surface area contributed by atoms with Gasteiger partial charge in [-0.25, -0.2) is 9.59 Å². The Balaban J connectivity index is 3.00. The second-order valence-corrected chi connectivity index (χ2v) is 5.26. The van der Waals surface area contributed by atoms with Crippen LogP contribution in [0.3, 0.4) is 0 Å². The van der Waals surface area contributed by atoms with Crippen LogP contribution in [-0.4, -0.2) is 43.5 Å². The van der Waals surface area contributed by atoms with E-state index in [1.165, 1.54) is 11.0 Å². The Kier molecular flexibility index (Phi) is 8.83. The highest BCUT2D eigenvalue weighted by Crippen LogP contribution is 2.21. The van der Waals surface area contributed by atoms with Crippen molar-refractivity contribution in [3.05, 3.63) is 24.3 Å². The van der Waals surface area contributed by atoms with Gasteiger partial charge in [-0.3, -0.25) is 9.59 Å². The van der Waals surface area contributed by atoms with Crippen molar-refractivity contribution in [2.24, 2.45) is 0 Å². The number of nitrogens with zero attached hydrogens (tertiary/aromatic N) is 1. The van der Waals surface area contributed by atoms with Gasteiger partial charge in [0.2, 0.25) is 0 Å². The number of rotatable bonds is 7. The average Bonchev–Trinajstić information content (AvgIpc) is 2.62. The Morgan fingerprint density at radius 3 is 2.27 bits per heavy atom. The summed E-state index contributed by atoms with van der Waals surface area (Å²) in [6.07, 6.45) is 1.51. The van der Waals surface area contributed by atoms with Crippen molar-refractivity contribution in [3.8, 4) is 0 Å². The lowest BCUT2D eigenvalue weighted by Gasteiger charge is -2.22. The molecule has 0 aliphatic rings. The van der Waals surface area contributed by atoms with Gasteiger partial charge in [0.25, 0.3) is 0 Å². The molecular formula is C18H24N2O6. The van der Waals surface area contributed by atoms with Gasteiger partial charge in [0, 0.05) is 17.9 Å². The molecule has 0 fully saturated rings. The molecule has 0 aliphatic carbocycles. The van der Waals surface area contributed by atoms with Crippen LogP contribution in [0.2, 0.25) is 0 Å². The number of unbranched alkanes of at least 4 members (excludes halogenated alkanes) is 1. The second kappa shape index (κ2) is 10.9. The molecule has 1 rings (SSSR count). The van der Waals surface area contributed by atoms with Crippen LogP contribution in [-0.2, 0) is 28.7 Å². The van der Waals surface area contributed by atoms with E-state index in [9.17, 15) is 19.2 Å². The highest BCUT2D eigenvalue weighted by Gasteiger charge is 2.24. The van der Waals surface area contributed by atoms with Crippen LogP contribution in [0.25, 0.3) is 0 Å². The lowest BCUT2D eigenvalue weighted by molar-refractivity contribution is -0.153. The Labute approximate surface area is 152 Å². The first-order valence-corrected chi connectivity index (χ1v) is 8.51. The summed E-state index contributed by atoms with van der Waals surface area (Å²) in [6, 6.07) is 6.30. The second-order valence-electron chi connectivity index (χ2n) is 5.26. The van der Waals surface area contributed by atoms with Crippen molar-refractivity contribution in [2.75, 3.05) is 30.0 Å². The highest BCUT2D eigenvalue weighted by atomic mass is 16.5. The minimum absolute atomic E-state index is 0.0884. The molecule has 0 unspecified atom stereocenters. The number of esters is 2. The third kappa shape index (κ3) is 6.19. The van der Waals surface area contributed by atoms with Crippen LogP contribution in [0.5, 0.6) is 0 Å². The van der Waals surface area contributed by atoms with E-state index in [-0.39, 0.29) is 13.2 Å². The smallest absolute Gasteiger partial charge is 0.397 e. The molecule has 0 bridgehead atoms. The van der Waals surface area contributed by atoms with E-state index in [0.29, 0.717) is 24.3 Å². The molecule has 0 aliphatic heterocycles. The largest absolute Gasteiger partial charge is 0.459 e. The monoisotopic (exact) mass is 364 g/mol. The molecule has 26 heavy (non-hydrogen) atoms. The van der Waals surface area contributed by atoms with Gasteiger partial charge in [0.05, 0.1) is 13.2 Å². The number of hydrogen-bond acceptors (Lipinski definition) is 6. The van der Waals surface area contributed by atoms with Gasteiger partial charge in [-0.05, 0) is 38.5 Å². The minimum Gasteiger partial charge on any atom is -0.459 e. The summed E-state index contributed by atoms with van der Waals surface area (Å²) in [5, 5.41) is 2.40. The fourth-order valence-electron chi connectivity index (χ4n) is 2.10. The summed E-state index contributed by atoms with van der Waals surface area (Å²) < 4.78 is 9.40. The van der Waals surface area contributed by atoms with E-state index < -0.39 is 23.8 Å². The Morgan fingerprint density at radius 2 is 1.65 bits per heavy atom. The van der Waals surface area contributed by atoms with Crippen LogP contribution in [0, 0.1) is 0 Å². The molecule has 0 heterocycles. The first kappa shape index (κ1) is 21.1. The Bertz CT molecular complexity index is 659. The summed E-state index contributed by atoms with van der Waals surface area (Å²) >= 11 is 0. The maximum absolute atomic E-state index is 12.4. The summed E-state index contributed by atoms with van der Waals surface area (Å²) in [5.41, 5.74) is 0.719. The number of amides is 2. The van der Waals surface area contributed by atoms with E-state index in [1.54, 1.807) is 32.0 Å². The normalized spacial score (nSPS) is 9.96. The van der Waals surface area contributed by atoms with Gasteiger partial charge in [-0.2, -0.15) is 0 Å². The van der Waals surface area contributed by atoms with Crippen molar-refractivity contribution in [1.82, 2.24) is 0 Å². The summed E-state index contributed by atoms with van der Waals surface area (Å²) in [4.78, 5) is 48.6. The first-order chi connectivity index (χ1) is 12.4. The standard InChI is InChI=1S/C18H24N2O6/c1-4-7-11-20(16(22)18(24)26-6-3)14-10-8-9-13(12-14)19-15(21)17(23)25-5-2/h8-10,12H,4-7,11H2,1-3H3,(H,19,21). The van der Waals surface area contributed by atoms with Gasteiger partial charge in [0.15, 0.2) is 0 Å². The number of anilines is 2. The summed E-state index contributed by atoms with van der Waals surface area (Å²) in [7, 11) is 0. The third-order valence-corrected chi connectivity index (χ3v) is 3.31. The van der Waals surface area contributed by atoms with Crippen molar-refractivity contribution in [3.63, 3.8) is 0 Å². The number of hydrogen-bond donors (Lipinski definition) is 1. The zero-order valence-corrected chi connectivity index (χ0v) is 15.2. The molecule has 8 heteroatoms. The van der Waals surface area contributed by atoms with Gasteiger partial charge >= 0.3 is 23.8 Å². The van der Waals surface area contributed by atoms with Crippen LogP contribution in [0.15, 0.2) is 24.3 Å². The van der Waals surface area contributed by atoms with E-state index >= 15 is 0 Å². The Morgan fingerprint density at radius 1 is 1.00 bits per heavy atom. The van der Waals surface area contributed by atoms with Gasteiger partial charge in [-0.15, -0.1) is 0 Å². The van der Waals surface area contributed by atoms with Crippen molar-refractivity contribution >= 4 is 35.1 Å². The van der Waals surface area contributed by atoms with E-state index in [1.807, 2.05) is 6.92 Å². The molecule has 0 radical (unpaired) electrons. The molecule has 0 atom stereocenters. The molecule has 1 aromatic carbocycles. The fraction of sp³-hybridized carbons (Fsp3) is 0.444. The molecule has 0 saturated heterocycles. The topological polar surface area (TPSA) is 102 Å². The van der Waals surface area contributed by atoms with E-state index in [4.69, 9.17) is 4.74 Å². The molecule has 1 N–H and O–H groups in total. The first-order valence-electron chi connectivity index (χ1n) is 8.51. The van der Waals surface area contributed by atoms with Crippen LogP contribution in [0.4, 0.5) is 11.4 Å². The van der Waals surface area contributed by atoms with Gasteiger partial charge in [-0.1, -0.05) is 19.4 Å². The van der Waals surface area contributed by atoms with Crippen LogP contribution in [0.1, 0.15) is 33.6 Å². The molecular weight excluding hydrogens is 340 g/mol. The Hall–Kier alpha value is -2.90. The quantitative estimate of drug-likeness (QED) is 0.585. The molecule has 142 valence electrons. The summed E-state index contributed by atoms with van der Waals surface area (Å²) in [6.45, 7) is 5.69. The number of nitrogens with one attached hydrogen (secondary N) is 1. The number of ether oxygens (including phenoxy) is 2. The lowest BCUT2D eigenvalue weighted by Crippen LogP contribution is -2.38. The summed E-state index contributed by atoms with van der Waals surface area (Å²) in [5.74, 6) is -3.64. The number of carbonyl (C=O) groups excluding carboxylic acids is 4. The highest BCUT2D eigenvalue weighted by molar-refractivity contribution is 6.38. The molecule has 0 saturated carbocycles. The number of carbonyl (C=O) groups is 4. The maximum atomic E-state index is 12.4. The predicted octanol–water partition coefficient (Wildman–Crippen LogP) is 1.88. The zero-order valence-electron chi connectivity index (χ0n) is 15.2. The fourth-order valence-corrected chi connectivity index (χ4v) is 2.10. The number of benzene rings is 1. The molecule has 2 amide bonds. The molecule has 8 nitrogen and oxygen atoms in total. The minimum atomic E-state index is -0.997. The van der Waals surface area contributed by atoms with Crippen molar-refractivity contribution in [1.29, 1.82) is 0 Å². The molecule has 0 spiro atoms. The zero-order chi connectivity index (χ0) is 19.5. The van der Waals surface area contributed by atoms with Crippen molar-refractivity contribution < 1.29 is 28.7 Å². The molecule has 1 aromatic rings. The van der Waals surface area contributed by atoms with Gasteiger partial charge < -0.3 is 19.7 Å². The van der Waals surface area contributed by atoms with Crippen molar-refractivity contribution in [2.45, 2.75) is 33.6 Å². The predicted molar refractivity (Wildman–Crippen MR) is 95.6 cm³/mol. The lowest BCUT2D eigenvalue weighted by atomic mass is 10.2. The average molecular weight is 364 g/mol. The molecule has 0 aromatic heterocycles. The maximum Gasteiger partial charge on any atom is 0.397 e. The van der Waals surface area contributed by atoms with E-state index in [0.717, 1.165) is 6.42 Å². The van der Waals surface area contributed by atoms with Crippen LogP contribution >= 0.6 is 0 Å². The van der Waals surface area contributed by atoms with Gasteiger partial charge in [0.1, 0.15) is 0 Å². The van der Waals surface area contributed by atoms with Crippen LogP contribution < -0.4 is 10.2 Å². The van der Waals surface area contributed by atoms with E-state index in [2.05, 4.69) is 10.1 Å². The third-order valence-electron chi connectivity index (χ3n) is 3.31. The SMILES string of the molecule is CCCCN(C(=O)C(=O)OCC)c1cccc(NC(=O)C(=O)OCC)c1.